The summed E-state index contributed by atoms with van der Waals surface area (Å²) in [6, 6.07) is 5.49. The Morgan fingerprint density at radius 3 is 2.27 bits per heavy atom. The minimum absolute atomic E-state index is 0.701. The van der Waals surface area contributed by atoms with Crippen LogP contribution in [0.5, 0.6) is 0 Å². The van der Waals surface area contributed by atoms with Gasteiger partial charge >= 0.3 is 0 Å². The monoisotopic (exact) mass is 151 g/mol. The minimum Gasteiger partial charge on any atom is -0.397 e. The quantitative estimate of drug-likeness (QED) is 0.558. The van der Waals surface area contributed by atoms with Crippen molar-refractivity contribution in [2.75, 3.05) is 23.3 Å². The fourth-order valence-electron chi connectivity index (χ4n) is 0.970. The van der Waals surface area contributed by atoms with Crippen LogP contribution in [0, 0.1) is 0 Å². The second-order valence-corrected chi connectivity index (χ2v) is 2.34. The summed E-state index contributed by atoms with van der Waals surface area (Å²) in [4.78, 5) is 0. The lowest BCUT2D eigenvalue weighted by atomic mass is 10.2. The maximum atomic E-state index is 5.66. The molecule has 1 aromatic carbocycles. The molecule has 0 radical (unpaired) electrons. The first-order chi connectivity index (χ1) is 5.25. The topological polar surface area (TPSA) is 64.1 Å². The molecule has 0 saturated carbocycles. The molecule has 0 aliphatic carbocycles. The molecule has 0 aromatic heterocycles. The third-order valence-electron chi connectivity index (χ3n) is 1.48. The van der Waals surface area contributed by atoms with E-state index in [0.29, 0.717) is 11.4 Å². The Morgan fingerprint density at radius 2 is 1.82 bits per heavy atom. The van der Waals surface area contributed by atoms with Crippen LogP contribution in [-0.4, -0.2) is 6.54 Å². The van der Waals surface area contributed by atoms with Crippen LogP contribution in [-0.2, 0) is 0 Å². The number of hydrogen-bond donors (Lipinski definition) is 3. The number of anilines is 3. The van der Waals surface area contributed by atoms with Crippen molar-refractivity contribution in [2.24, 2.45) is 0 Å². The van der Waals surface area contributed by atoms with E-state index in [1.54, 1.807) is 0 Å². The molecule has 0 aliphatic rings. The molecule has 0 bridgehead atoms. The Hall–Kier alpha value is -1.38. The zero-order valence-corrected chi connectivity index (χ0v) is 6.59. The van der Waals surface area contributed by atoms with Crippen molar-refractivity contribution in [2.45, 2.75) is 6.92 Å². The van der Waals surface area contributed by atoms with Crippen molar-refractivity contribution >= 4 is 17.1 Å². The fraction of sp³-hybridized carbons (Fsp3) is 0.250. The number of nitrogens with one attached hydrogen (secondary N) is 1. The zero-order valence-electron chi connectivity index (χ0n) is 6.59. The van der Waals surface area contributed by atoms with Gasteiger partial charge in [0.05, 0.1) is 17.1 Å². The summed E-state index contributed by atoms with van der Waals surface area (Å²) in [6.07, 6.45) is 0. The second kappa shape index (κ2) is 3.14. The molecule has 0 spiro atoms. The summed E-state index contributed by atoms with van der Waals surface area (Å²) in [7, 11) is 0. The van der Waals surface area contributed by atoms with Gasteiger partial charge in [0, 0.05) is 6.54 Å². The van der Waals surface area contributed by atoms with Crippen molar-refractivity contribution in [3.63, 3.8) is 0 Å². The number of para-hydroxylation sites is 1. The highest BCUT2D eigenvalue weighted by molar-refractivity contribution is 5.79. The molecule has 60 valence electrons. The van der Waals surface area contributed by atoms with Gasteiger partial charge in [-0.05, 0) is 19.1 Å². The van der Waals surface area contributed by atoms with E-state index in [-0.39, 0.29) is 0 Å². The Balaban J connectivity index is 3.00. The third-order valence-corrected chi connectivity index (χ3v) is 1.48. The number of benzene rings is 1. The summed E-state index contributed by atoms with van der Waals surface area (Å²) in [5, 5.41) is 3.09. The van der Waals surface area contributed by atoms with Gasteiger partial charge in [0.15, 0.2) is 0 Å². The molecule has 0 saturated heterocycles. The molecule has 0 amide bonds. The Labute approximate surface area is 66.4 Å². The highest BCUT2D eigenvalue weighted by Gasteiger charge is 1.99. The fourth-order valence-corrected chi connectivity index (χ4v) is 0.970. The first-order valence-electron chi connectivity index (χ1n) is 3.63. The number of nitrogen functional groups attached to an aromatic ring is 2. The third kappa shape index (κ3) is 1.55. The molecular weight excluding hydrogens is 138 g/mol. The summed E-state index contributed by atoms with van der Waals surface area (Å²) in [5.41, 5.74) is 13.6. The summed E-state index contributed by atoms with van der Waals surface area (Å²) in [5.74, 6) is 0. The summed E-state index contributed by atoms with van der Waals surface area (Å²) in [6.45, 7) is 2.84. The molecule has 3 nitrogen and oxygen atoms in total. The Bertz CT molecular complexity index is 225. The van der Waals surface area contributed by atoms with E-state index in [4.69, 9.17) is 11.5 Å². The molecule has 0 atom stereocenters. The average molecular weight is 151 g/mol. The molecule has 1 rings (SSSR count). The van der Waals surface area contributed by atoms with Crippen LogP contribution in [0.15, 0.2) is 18.2 Å². The van der Waals surface area contributed by atoms with Gasteiger partial charge in [-0.3, -0.25) is 0 Å². The molecule has 3 heteroatoms. The van der Waals surface area contributed by atoms with Crippen molar-refractivity contribution in [1.29, 1.82) is 0 Å². The van der Waals surface area contributed by atoms with Crippen molar-refractivity contribution < 1.29 is 0 Å². The van der Waals surface area contributed by atoms with Gasteiger partial charge in [-0.1, -0.05) is 6.07 Å². The van der Waals surface area contributed by atoms with E-state index in [9.17, 15) is 0 Å². The largest absolute Gasteiger partial charge is 0.397 e. The van der Waals surface area contributed by atoms with Crippen LogP contribution in [0.4, 0.5) is 17.1 Å². The van der Waals surface area contributed by atoms with Crippen LogP contribution < -0.4 is 16.8 Å². The molecule has 11 heavy (non-hydrogen) atoms. The molecule has 5 N–H and O–H groups in total. The van der Waals surface area contributed by atoms with E-state index in [0.717, 1.165) is 12.2 Å². The van der Waals surface area contributed by atoms with Gasteiger partial charge in [0.2, 0.25) is 0 Å². The van der Waals surface area contributed by atoms with Gasteiger partial charge in [-0.25, -0.2) is 0 Å². The predicted molar refractivity (Wildman–Crippen MR) is 49.4 cm³/mol. The number of nitrogens with two attached hydrogens (primary N) is 2. The Kier molecular flexibility index (Phi) is 2.21. The van der Waals surface area contributed by atoms with Crippen molar-refractivity contribution in [3.05, 3.63) is 18.2 Å². The number of rotatable bonds is 2. The van der Waals surface area contributed by atoms with Crippen LogP contribution in [0.3, 0.4) is 0 Å². The lowest BCUT2D eigenvalue weighted by Gasteiger charge is -2.09. The second-order valence-electron chi connectivity index (χ2n) is 2.34. The molecule has 0 fully saturated rings. The number of hydrogen-bond acceptors (Lipinski definition) is 3. The van der Waals surface area contributed by atoms with Gasteiger partial charge in [0.1, 0.15) is 0 Å². The Morgan fingerprint density at radius 1 is 1.27 bits per heavy atom. The first-order valence-corrected chi connectivity index (χ1v) is 3.63. The maximum Gasteiger partial charge on any atom is 0.0807 e. The van der Waals surface area contributed by atoms with E-state index in [1.807, 2.05) is 25.1 Å². The molecule has 0 heterocycles. The molecule has 0 unspecified atom stereocenters. The van der Waals surface area contributed by atoms with Crippen LogP contribution in [0.1, 0.15) is 6.92 Å². The summed E-state index contributed by atoms with van der Waals surface area (Å²) < 4.78 is 0. The van der Waals surface area contributed by atoms with Crippen LogP contribution >= 0.6 is 0 Å². The zero-order chi connectivity index (χ0) is 8.27. The standard InChI is InChI=1S/C8H13N3/c1-2-11-8-6(9)4-3-5-7(8)10/h3-5,11H,2,9-10H2,1H3. The van der Waals surface area contributed by atoms with E-state index in [1.165, 1.54) is 0 Å². The van der Waals surface area contributed by atoms with Gasteiger partial charge in [-0.15, -0.1) is 0 Å². The maximum absolute atomic E-state index is 5.66. The van der Waals surface area contributed by atoms with Crippen LogP contribution in [0.2, 0.25) is 0 Å². The average Bonchev–Trinajstić information content (AvgIpc) is 1.97. The highest BCUT2D eigenvalue weighted by Crippen LogP contribution is 2.24. The van der Waals surface area contributed by atoms with Crippen molar-refractivity contribution in [3.8, 4) is 0 Å². The van der Waals surface area contributed by atoms with E-state index < -0.39 is 0 Å². The smallest absolute Gasteiger partial charge is 0.0807 e. The minimum atomic E-state index is 0.701. The lowest BCUT2D eigenvalue weighted by molar-refractivity contribution is 1.22. The van der Waals surface area contributed by atoms with E-state index >= 15 is 0 Å². The SMILES string of the molecule is CCNc1c(N)cccc1N. The lowest BCUT2D eigenvalue weighted by Crippen LogP contribution is -2.03. The van der Waals surface area contributed by atoms with Crippen molar-refractivity contribution in [1.82, 2.24) is 0 Å². The first kappa shape index (κ1) is 7.72. The molecule has 0 aliphatic heterocycles. The predicted octanol–water partition coefficient (Wildman–Crippen LogP) is 1.28. The van der Waals surface area contributed by atoms with Crippen LogP contribution in [0.25, 0.3) is 0 Å². The molecule has 1 aromatic rings. The van der Waals surface area contributed by atoms with Gasteiger partial charge in [-0.2, -0.15) is 0 Å². The highest BCUT2D eigenvalue weighted by atomic mass is 14.9. The normalized spacial score (nSPS) is 9.55. The molecular formula is C8H13N3. The van der Waals surface area contributed by atoms with Gasteiger partial charge in [0.25, 0.3) is 0 Å². The summed E-state index contributed by atoms with van der Waals surface area (Å²) >= 11 is 0. The van der Waals surface area contributed by atoms with E-state index in [2.05, 4.69) is 5.32 Å². The van der Waals surface area contributed by atoms with Gasteiger partial charge < -0.3 is 16.8 Å².